The Hall–Kier alpha value is -2.21. The first-order valence-electron chi connectivity index (χ1n) is 8.92. The number of benzene rings is 1. The number of aryl methyl sites for hydroxylation is 1. The third-order valence-corrected chi connectivity index (χ3v) is 4.53. The first-order valence-corrected chi connectivity index (χ1v) is 8.92. The summed E-state index contributed by atoms with van der Waals surface area (Å²) in [6.45, 7) is 5.70. The molecule has 1 fully saturated rings. The summed E-state index contributed by atoms with van der Waals surface area (Å²) in [7, 11) is 0. The molecule has 0 radical (unpaired) electrons. The molecule has 3 rings (SSSR count). The first-order chi connectivity index (χ1) is 12.2. The Kier molecular flexibility index (Phi) is 5.81. The fraction of sp³-hybridized carbons (Fsp3) is 0.526. The van der Waals surface area contributed by atoms with Crippen LogP contribution in [0.1, 0.15) is 43.1 Å². The van der Waals surface area contributed by atoms with Gasteiger partial charge in [-0.2, -0.15) is 4.98 Å². The van der Waals surface area contributed by atoms with Crippen LogP contribution in [0.3, 0.4) is 0 Å². The number of piperidine rings is 1. The van der Waals surface area contributed by atoms with Crippen LogP contribution in [-0.4, -0.2) is 40.6 Å². The van der Waals surface area contributed by atoms with Gasteiger partial charge < -0.3 is 14.2 Å². The van der Waals surface area contributed by atoms with Crippen LogP contribution in [0.5, 0.6) is 0 Å². The molecule has 2 heterocycles. The highest BCUT2D eigenvalue weighted by molar-refractivity contribution is 5.82. The number of amides is 1. The molecule has 0 bridgehead atoms. The third kappa shape index (κ3) is 4.45. The minimum Gasteiger partial charge on any atom is -0.364 e. The van der Waals surface area contributed by atoms with Gasteiger partial charge in [-0.1, -0.05) is 35.5 Å². The summed E-state index contributed by atoms with van der Waals surface area (Å²) in [5.41, 5.74) is 0.908. The zero-order valence-electron chi connectivity index (χ0n) is 14.9. The average molecular weight is 343 g/mol. The molecule has 0 unspecified atom stereocenters. The molecule has 1 aliphatic rings. The van der Waals surface area contributed by atoms with Crippen LogP contribution < -0.4 is 0 Å². The Morgan fingerprint density at radius 3 is 2.88 bits per heavy atom. The average Bonchev–Trinajstić information content (AvgIpc) is 3.05. The van der Waals surface area contributed by atoms with Gasteiger partial charge in [0, 0.05) is 33.0 Å². The van der Waals surface area contributed by atoms with E-state index in [4.69, 9.17) is 9.26 Å². The highest BCUT2D eigenvalue weighted by Crippen LogP contribution is 2.25. The lowest BCUT2D eigenvalue weighted by molar-refractivity contribution is -0.146. The predicted octanol–water partition coefficient (Wildman–Crippen LogP) is 2.94. The van der Waals surface area contributed by atoms with Crippen LogP contribution in [0.4, 0.5) is 0 Å². The van der Waals surface area contributed by atoms with Crippen LogP contribution in [-0.2, 0) is 16.0 Å². The summed E-state index contributed by atoms with van der Waals surface area (Å²) in [5, 5.41) is 3.98. The van der Waals surface area contributed by atoms with E-state index in [0.717, 1.165) is 37.2 Å². The number of carbonyl (C=O) groups excluding carboxylic acids is 1. The quantitative estimate of drug-likeness (QED) is 0.807. The minimum atomic E-state index is -0.530. The maximum atomic E-state index is 13.0. The van der Waals surface area contributed by atoms with E-state index in [1.807, 2.05) is 42.2 Å². The number of rotatable bonds is 6. The lowest BCUT2D eigenvalue weighted by atomic mass is 9.93. The Morgan fingerprint density at radius 1 is 1.40 bits per heavy atom. The molecule has 0 N–H and O–H groups in total. The van der Waals surface area contributed by atoms with Gasteiger partial charge in [-0.05, 0) is 31.2 Å². The van der Waals surface area contributed by atoms with E-state index in [9.17, 15) is 4.79 Å². The fourth-order valence-corrected chi connectivity index (χ4v) is 3.38. The summed E-state index contributed by atoms with van der Waals surface area (Å²) in [5.74, 6) is 1.70. The molecule has 6 heteroatoms. The highest BCUT2D eigenvalue weighted by Gasteiger charge is 2.30. The molecule has 1 saturated heterocycles. The van der Waals surface area contributed by atoms with Crippen molar-refractivity contribution >= 4 is 5.91 Å². The molecule has 2 aromatic rings. The second-order valence-electron chi connectivity index (χ2n) is 6.47. The van der Waals surface area contributed by atoms with Gasteiger partial charge >= 0.3 is 0 Å². The molecule has 1 amide bonds. The predicted molar refractivity (Wildman–Crippen MR) is 92.9 cm³/mol. The first kappa shape index (κ1) is 17.6. The Balaban J connectivity index is 1.67. The highest BCUT2D eigenvalue weighted by atomic mass is 16.5. The number of aromatic nitrogens is 2. The molecular formula is C19H25N3O3. The van der Waals surface area contributed by atoms with Crippen molar-refractivity contribution in [2.45, 2.75) is 39.2 Å². The summed E-state index contributed by atoms with van der Waals surface area (Å²) >= 11 is 0. The molecule has 2 atom stereocenters. The second-order valence-corrected chi connectivity index (χ2v) is 6.47. The van der Waals surface area contributed by atoms with Gasteiger partial charge in [0.25, 0.3) is 5.91 Å². The Bertz CT molecular complexity index is 686. The van der Waals surface area contributed by atoms with Crippen molar-refractivity contribution < 1.29 is 14.1 Å². The summed E-state index contributed by atoms with van der Waals surface area (Å²) in [6.07, 6.45) is 2.27. The number of likely N-dealkylation sites (tertiary alicyclic amines) is 1. The molecule has 1 aromatic carbocycles. The van der Waals surface area contributed by atoms with Gasteiger partial charge in [0.15, 0.2) is 11.9 Å². The van der Waals surface area contributed by atoms with Crippen LogP contribution in [0.2, 0.25) is 0 Å². The SMILES string of the molecule is CCO[C@@H](C(=O)N1CCC[C@@H](Cc2noc(C)n2)C1)c1ccccc1. The van der Waals surface area contributed by atoms with Gasteiger partial charge in [0.1, 0.15) is 0 Å². The molecule has 1 aromatic heterocycles. The van der Waals surface area contributed by atoms with Gasteiger partial charge in [-0.3, -0.25) is 4.79 Å². The second kappa shape index (κ2) is 8.25. The standard InChI is InChI=1S/C19H25N3O3/c1-3-24-18(16-9-5-4-6-10-16)19(23)22-11-7-8-15(13-22)12-17-20-14(2)25-21-17/h4-6,9-10,15,18H,3,7-8,11-13H2,1-2H3/t15-,18+/m0/s1. The smallest absolute Gasteiger partial charge is 0.256 e. The molecule has 0 saturated carbocycles. The normalized spacial score (nSPS) is 19.0. The summed E-state index contributed by atoms with van der Waals surface area (Å²) < 4.78 is 10.8. The number of ether oxygens (including phenoxy) is 1. The molecule has 0 aliphatic carbocycles. The molecule has 6 nitrogen and oxygen atoms in total. The van der Waals surface area contributed by atoms with Crippen molar-refractivity contribution in [3.63, 3.8) is 0 Å². The van der Waals surface area contributed by atoms with Crippen LogP contribution in [0.15, 0.2) is 34.9 Å². The molecule has 1 aliphatic heterocycles. The van der Waals surface area contributed by atoms with E-state index in [2.05, 4.69) is 10.1 Å². The number of nitrogens with zero attached hydrogens (tertiary/aromatic N) is 3. The van der Waals surface area contributed by atoms with Crippen molar-refractivity contribution in [2.24, 2.45) is 5.92 Å². The number of carbonyl (C=O) groups is 1. The van der Waals surface area contributed by atoms with Gasteiger partial charge in [-0.25, -0.2) is 0 Å². The maximum absolute atomic E-state index is 13.0. The third-order valence-electron chi connectivity index (χ3n) is 4.53. The summed E-state index contributed by atoms with van der Waals surface area (Å²) in [4.78, 5) is 19.2. The van der Waals surface area contributed by atoms with Crippen molar-refractivity contribution in [3.8, 4) is 0 Å². The lowest BCUT2D eigenvalue weighted by Gasteiger charge is -2.34. The van der Waals surface area contributed by atoms with Crippen molar-refractivity contribution in [1.82, 2.24) is 15.0 Å². The Morgan fingerprint density at radius 2 is 2.20 bits per heavy atom. The van der Waals surface area contributed by atoms with E-state index in [-0.39, 0.29) is 5.91 Å². The van der Waals surface area contributed by atoms with Gasteiger partial charge in [0.2, 0.25) is 5.89 Å². The van der Waals surface area contributed by atoms with Crippen LogP contribution >= 0.6 is 0 Å². The van der Waals surface area contributed by atoms with Crippen LogP contribution in [0, 0.1) is 12.8 Å². The number of hydrogen-bond acceptors (Lipinski definition) is 5. The van der Waals surface area contributed by atoms with E-state index >= 15 is 0 Å². The summed E-state index contributed by atoms with van der Waals surface area (Å²) in [6, 6.07) is 9.71. The van der Waals surface area contributed by atoms with Crippen molar-refractivity contribution in [2.75, 3.05) is 19.7 Å². The van der Waals surface area contributed by atoms with Crippen molar-refractivity contribution in [1.29, 1.82) is 0 Å². The monoisotopic (exact) mass is 343 g/mol. The van der Waals surface area contributed by atoms with Crippen molar-refractivity contribution in [3.05, 3.63) is 47.6 Å². The van der Waals surface area contributed by atoms with Gasteiger partial charge in [-0.15, -0.1) is 0 Å². The largest absolute Gasteiger partial charge is 0.364 e. The molecule has 134 valence electrons. The molecule has 25 heavy (non-hydrogen) atoms. The fourth-order valence-electron chi connectivity index (χ4n) is 3.38. The van der Waals surface area contributed by atoms with E-state index in [1.54, 1.807) is 6.92 Å². The maximum Gasteiger partial charge on any atom is 0.256 e. The number of hydrogen-bond donors (Lipinski definition) is 0. The van der Waals surface area contributed by atoms with Gasteiger partial charge in [0.05, 0.1) is 0 Å². The molecule has 0 spiro atoms. The minimum absolute atomic E-state index is 0.0436. The molecular weight excluding hydrogens is 318 g/mol. The lowest BCUT2D eigenvalue weighted by Crippen LogP contribution is -2.43. The van der Waals surface area contributed by atoms with E-state index < -0.39 is 6.10 Å². The Labute approximate surface area is 148 Å². The zero-order chi connectivity index (χ0) is 17.6. The van der Waals surface area contributed by atoms with E-state index in [1.165, 1.54) is 0 Å². The zero-order valence-corrected chi connectivity index (χ0v) is 14.9. The van der Waals surface area contributed by atoms with E-state index in [0.29, 0.717) is 25.0 Å². The van der Waals surface area contributed by atoms with Crippen LogP contribution in [0.25, 0.3) is 0 Å². The topological polar surface area (TPSA) is 68.5 Å².